The van der Waals surface area contributed by atoms with Gasteiger partial charge in [0.25, 0.3) is 0 Å². The predicted molar refractivity (Wildman–Crippen MR) is 80.9 cm³/mol. The van der Waals surface area contributed by atoms with Gasteiger partial charge in [-0.1, -0.05) is 0 Å². The number of nitrogens with one attached hydrogen (secondary N) is 2. The molecule has 0 spiro atoms. The molecule has 4 aliphatic carbocycles. The zero-order valence-electron chi connectivity index (χ0n) is 12.8. The molecular formula is C17H27N3O. The van der Waals surface area contributed by atoms with E-state index >= 15 is 0 Å². The van der Waals surface area contributed by atoms with Crippen LogP contribution in [0, 0.1) is 23.7 Å². The largest absolute Gasteiger partial charge is 0.333 e. The lowest BCUT2D eigenvalue weighted by molar-refractivity contribution is -0.0158. The van der Waals surface area contributed by atoms with Crippen molar-refractivity contribution < 1.29 is 4.79 Å². The van der Waals surface area contributed by atoms with Gasteiger partial charge in [-0.05, 0) is 68.6 Å². The van der Waals surface area contributed by atoms with Gasteiger partial charge in [-0.25, -0.2) is 4.79 Å². The number of rotatable bonds is 1. The van der Waals surface area contributed by atoms with Crippen LogP contribution >= 0.6 is 0 Å². The van der Waals surface area contributed by atoms with Crippen molar-refractivity contribution in [3.8, 4) is 0 Å². The summed E-state index contributed by atoms with van der Waals surface area (Å²) in [6.45, 7) is 3.07. The van der Waals surface area contributed by atoms with Crippen LogP contribution in [0.4, 0.5) is 4.79 Å². The molecule has 4 nitrogen and oxygen atoms in total. The Labute approximate surface area is 127 Å². The van der Waals surface area contributed by atoms with Crippen LogP contribution in [-0.4, -0.2) is 42.1 Å². The average molecular weight is 289 g/mol. The molecule has 0 unspecified atom stereocenters. The Morgan fingerprint density at radius 2 is 1.71 bits per heavy atom. The highest BCUT2D eigenvalue weighted by Gasteiger charge is 2.52. The van der Waals surface area contributed by atoms with Crippen molar-refractivity contribution in [1.29, 1.82) is 0 Å². The van der Waals surface area contributed by atoms with Crippen molar-refractivity contribution in [2.75, 3.05) is 19.6 Å². The Morgan fingerprint density at radius 1 is 1.05 bits per heavy atom. The second-order valence-electron chi connectivity index (χ2n) is 8.60. The second kappa shape index (κ2) is 4.37. The molecule has 6 aliphatic rings. The van der Waals surface area contributed by atoms with Gasteiger partial charge in [0.2, 0.25) is 0 Å². The summed E-state index contributed by atoms with van der Waals surface area (Å²) >= 11 is 0. The van der Waals surface area contributed by atoms with Crippen molar-refractivity contribution in [2.45, 2.75) is 56.5 Å². The molecule has 4 heteroatoms. The Balaban J connectivity index is 1.32. The lowest BCUT2D eigenvalue weighted by Gasteiger charge is -2.57. The van der Waals surface area contributed by atoms with Crippen molar-refractivity contribution >= 4 is 6.03 Å². The number of likely N-dealkylation sites (tertiary alicyclic amines) is 1. The molecule has 0 radical (unpaired) electrons. The first kappa shape index (κ1) is 12.7. The summed E-state index contributed by atoms with van der Waals surface area (Å²) in [6.07, 6.45) is 9.26. The van der Waals surface area contributed by atoms with Crippen molar-refractivity contribution in [3.63, 3.8) is 0 Å². The SMILES string of the molecule is O=C(NC12CC3CC(CC(C3)C1)C2)N1CC[C@H]2CNC[C@H]21. The minimum Gasteiger partial charge on any atom is -0.333 e. The Kier molecular flexibility index (Phi) is 2.65. The standard InChI is InChI=1S/C17H27N3O/c21-16(20-2-1-14-9-18-10-15(14)20)19-17-6-11-3-12(7-17)5-13(4-11)8-17/h11-15,18H,1-10H2,(H,19,21)/t11?,12?,13?,14-,15+,17?/m0/s1. The molecule has 2 atom stereocenters. The highest BCUT2D eigenvalue weighted by atomic mass is 16.2. The number of fused-ring (bicyclic) bond motifs is 1. The van der Waals surface area contributed by atoms with E-state index in [1.807, 2.05) is 0 Å². The van der Waals surface area contributed by atoms with Crippen molar-refractivity contribution in [3.05, 3.63) is 0 Å². The van der Waals surface area contributed by atoms with Gasteiger partial charge in [0.1, 0.15) is 0 Å². The number of nitrogens with zero attached hydrogens (tertiary/aromatic N) is 1. The highest BCUT2D eigenvalue weighted by Crippen LogP contribution is 2.55. The minimum atomic E-state index is 0.163. The summed E-state index contributed by atoms with van der Waals surface area (Å²) < 4.78 is 0. The molecule has 2 N–H and O–H groups in total. The fraction of sp³-hybridized carbons (Fsp3) is 0.941. The van der Waals surface area contributed by atoms with Crippen LogP contribution in [0.2, 0.25) is 0 Å². The van der Waals surface area contributed by atoms with Gasteiger partial charge in [0.15, 0.2) is 0 Å². The van der Waals surface area contributed by atoms with Crippen molar-refractivity contribution in [2.24, 2.45) is 23.7 Å². The van der Waals surface area contributed by atoms with Gasteiger partial charge in [0.05, 0.1) is 0 Å². The summed E-state index contributed by atoms with van der Waals surface area (Å²) in [6, 6.07) is 0.701. The van der Waals surface area contributed by atoms with Crippen LogP contribution in [0.25, 0.3) is 0 Å². The van der Waals surface area contributed by atoms with E-state index in [1.165, 1.54) is 44.9 Å². The summed E-state index contributed by atoms with van der Waals surface area (Å²) in [5, 5.41) is 6.99. The molecule has 0 aromatic rings. The van der Waals surface area contributed by atoms with Crippen LogP contribution in [-0.2, 0) is 0 Å². The summed E-state index contributed by atoms with van der Waals surface area (Å²) in [5.41, 5.74) is 0.163. The van der Waals surface area contributed by atoms with E-state index in [4.69, 9.17) is 0 Å². The van der Waals surface area contributed by atoms with Gasteiger partial charge in [0, 0.05) is 31.2 Å². The van der Waals surface area contributed by atoms with E-state index < -0.39 is 0 Å². The Hall–Kier alpha value is -0.770. The van der Waals surface area contributed by atoms with Gasteiger partial charge < -0.3 is 15.5 Å². The number of hydrogen-bond donors (Lipinski definition) is 2. The first-order valence-electron chi connectivity index (χ1n) is 9.00. The topological polar surface area (TPSA) is 44.4 Å². The van der Waals surface area contributed by atoms with Crippen LogP contribution in [0.1, 0.15) is 44.9 Å². The number of carbonyl (C=O) groups is 1. The predicted octanol–water partition coefficient (Wildman–Crippen LogP) is 1.96. The highest BCUT2D eigenvalue weighted by molar-refractivity contribution is 5.76. The molecule has 116 valence electrons. The number of carbonyl (C=O) groups excluding carboxylic acids is 1. The van der Waals surface area contributed by atoms with E-state index in [2.05, 4.69) is 15.5 Å². The Morgan fingerprint density at radius 3 is 2.38 bits per heavy atom. The van der Waals surface area contributed by atoms with E-state index in [0.717, 1.165) is 37.4 Å². The van der Waals surface area contributed by atoms with E-state index in [1.54, 1.807) is 0 Å². The molecular weight excluding hydrogens is 262 g/mol. The third-order valence-corrected chi connectivity index (χ3v) is 7.12. The average Bonchev–Trinajstić information content (AvgIpc) is 2.97. The first-order chi connectivity index (χ1) is 10.2. The number of amides is 2. The second-order valence-corrected chi connectivity index (χ2v) is 8.60. The quantitative estimate of drug-likeness (QED) is 0.775. The number of hydrogen-bond acceptors (Lipinski definition) is 2. The molecule has 4 saturated carbocycles. The molecule has 0 aromatic carbocycles. The zero-order valence-corrected chi connectivity index (χ0v) is 12.8. The molecule has 2 heterocycles. The molecule has 21 heavy (non-hydrogen) atoms. The summed E-state index contributed by atoms with van der Waals surface area (Å²) in [5.74, 6) is 3.40. The summed E-state index contributed by atoms with van der Waals surface area (Å²) in [7, 11) is 0. The normalized spacial score (nSPS) is 50.5. The van der Waals surface area contributed by atoms with Gasteiger partial charge in [-0.3, -0.25) is 0 Å². The molecule has 2 amide bonds. The molecule has 2 aliphatic heterocycles. The van der Waals surface area contributed by atoms with Gasteiger partial charge in [-0.2, -0.15) is 0 Å². The van der Waals surface area contributed by atoms with Crippen molar-refractivity contribution in [1.82, 2.24) is 15.5 Å². The maximum absolute atomic E-state index is 12.9. The molecule has 6 fully saturated rings. The first-order valence-corrected chi connectivity index (χ1v) is 9.00. The fourth-order valence-corrected chi connectivity index (χ4v) is 6.66. The monoisotopic (exact) mass is 289 g/mol. The molecule has 0 aromatic heterocycles. The molecule has 6 rings (SSSR count). The van der Waals surface area contributed by atoms with Crippen LogP contribution < -0.4 is 10.6 Å². The van der Waals surface area contributed by atoms with E-state index in [0.29, 0.717) is 12.0 Å². The summed E-state index contributed by atoms with van der Waals surface area (Å²) in [4.78, 5) is 15.0. The lowest BCUT2D eigenvalue weighted by Crippen LogP contribution is -2.62. The van der Waals surface area contributed by atoms with Gasteiger partial charge >= 0.3 is 6.03 Å². The molecule has 4 bridgehead atoms. The Bertz CT molecular complexity index is 428. The number of urea groups is 1. The van der Waals surface area contributed by atoms with Crippen LogP contribution in [0.3, 0.4) is 0 Å². The third kappa shape index (κ3) is 1.94. The smallest absolute Gasteiger partial charge is 0.318 e. The maximum atomic E-state index is 12.9. The lowest BCUT2D eigenvalue weighted by atomic mass is 9.53. The van der Waals surface area contributed by atoms with Gasteiger partial charge in [-0.15, -0.1) is 0 Å². The third-order valence-electron chi connectivity index (χ3n) is 7.12. The zero-order chi connectivity index (χ0) is 14.0. The van der Waals surface area contributed by atoms with Crippen LogP contribution in [0.15, 0.2) is 0 Å². The van der Waals surface area contributed by atoms with E-state index in [9.17, 15) is 4.79 Å². The van der Waals surface area contributed by atoms with E-state index in [-0.39, 0.29) is 11.6 Å². The molecule has 2 saturated heterocycles. The minimum absolute atomic E-state index is 0.163. The van der Waals surface area contributed by atoms with Crippen LogP contribution in [0.5, 0.6) is 0 Å². The maximum Gasteiger partial charge on any atom is 0.318 e. The fourth-order valence-electron chi connectivity index (χ4n) is 6.66.